The van der Waals surface area contributed by atoms with Crippen molar-refractivity contribution in [1.29, 1.82) is 0 Å². The van der Waals surface area contributed by atoms with E-state index in [0.717, 1.165) is 16.7 Å². The largest absolute Gasteiger partial charge is 0.363 e. The molecule has 0 saturated heterocycles. The van der Waals surface area contributed by atoms with Crippen molar-refractivity contribution in [3.8, 4) is 0 Å². The zero-order chi connectivity index (χ0) is 22.0. The Kier molecular flexibility index (Phi) is 5.61. The molecule has 0 bridgehead atoms. The fourth-order valence-corrected chi connectivity index (χ4v) is 4.25. The third-order valence-corrected chi connectivity index (χ3v) is 6.51. The highest BCUT2D eigenvalue weighted by Gasteiger charge is 2.19. The van der Waals surface area contributed by atoms with Crippen molar-refractivity contribution in [3.05, 3.63) is 89.0 Å². The van der Waals surface area contributed by atoms with E-state index in [2.05, 4.69) is 20.0 Å². The number of hydrogen-bond donors (Lipinski definition) is 2. The Morgan fingerprint density at radius 3 is 2.06 bits per heavy atom. The zero-order valence-corrected chi connectivity index (χ0v) is 18.5. The van der Waals surface area contributed by atoms with E-state index in [1.54, 1.807) is 24.3 Å². The van der Waals surface area contributed by atoms with Gasteiger partial charge in [0.1, 0.15) is 0 Å². The number of para-hydroxylation sites is 2. The first-order valence-electron chi connectivity index (χ1n) is 9.98. The molecule has 0 aliphatic heterocycles. The lowest BCUT2D eigenvalue weighted by atomic mass is 10.1. The molecule has 0 unspecified atom stereocenters. The van der Waals surface area contributed by atoms with Gasteiger partial charge in [0.15, 0.2) is 11.6 Å². The predicted octanol–water partition coefficient (Wildman–Crippen LogP) is 4.97. The van der Waals surface area contributed by atoms with Crippen LogP contribution >= 0.6 is 0 Å². The zero-order valence-electron chi connectivity index (χ0n) is 17.7. The molecule has 31 heavy (non-hydrogen) atoms. The molecule has 1 heterocycles. The van der Waals surface area contributed by atoms with Crippen LogP contribution in [0, 0.1) is 20.8 Å². The molecule has 1 aromatic heterocycles. The molecule has 0 amide bonds. The van der Waals surface area contributed by atoms with E-state index in [9.17, 15) is 8.42 Å². The Labute approximate surface area is 182 Å². The van der Waals surface area contributed by atoms with E-state index in [1.165, 1.54) is 5.56 Å². The summed E-state index contributed by atoms with van der Waals surface area (Å²) in [6.45, 7) is 6.36. The first kappa shape index (κ1) is 20.8. The SMILES string of the molecule is Cc1ccc(CNc2nc3ccccc3nc2NS(=O)(=O)c2ccc(C)c(C)c2)cc1. The van der Waals surface area contributed by atoms with Crippen LogP contribution in [0.2, 0.25) is 0 Å². The van der Waals surface area contributed by atoms with Crippen molar-refractivity contribution in [1.82, 2.24) is 9.97 Å². The quantitative estimate of drug-likeness (QED) is 0.449. The van der Waals surface area contributed by atoms with Crippen molar-refractivity contribution in [2.45, 2.75) is 32.2 Å². The average molecular weight is 433 g/mol. The highest BCUT2D eigenvalue weighted by atomic mass is 32.2. The molecule has 2 N–H and O–H groups in total. The van der Waals surface area contributed by atoms with Gasteiger partial charge in [-0.1, -0.05) is 48.0 Å². The molecule has 0 fully saturated rings. The number of nitrogens with zero attached hydrogens (tertiary/aromatic N) is 2. The van der Waals surface area contributed by atoms with Gasteiger partial charge in [-0.15, -0.1) is 0 Å². The predicted molar refractivity (Wildman–Crippen MR) is 125 cm³/mol. The number of benzene rings is 3. The minimum absolute atomic E-state index is 0.170. The molecule has 0 saturated carbocycles. The first-order valence-corrected chi connectivity index (χ1v) is 11.5. The molecule has 0 aliphatic rings. The maximum absolute atomic E-state index is 13.1. The van der Waals surface area contributed by atoms with E-state index >= 15 is 0 Å². The van der Waals surface area contributed by atoms with Crippen LogP contribution in [0.3, 0.4) is 0 Å². The van der Waals surface area contributed by atoms with Crippen LogP contribution < -0.4 is 10.0 Å². The lowest BCUT2D eigenvalue weighted by Gasteiger charge is -2.14. The van der Waals surface area contributed by atoms with Crippen LogP contribution in [0.4, 0.5) is 11.6 Å². The van der Waals surface area contributed by atoms with Gasteiger partial charge in [-0.2, -0.15) is 0 Å². The molecule has 4 rings (SSSR count). The first-order chi connectivity index (χ1) is 14.8. The second kappa shape index (κ2) is 8.35. The molecule has 7 heteroatoms. The van der Waals surface area contributed by atoms with Gasteiger partial charge < -0.3 is 5.32 Å². The monoisotopic (exact) mass is 432 g/mol. The number of anilines is 2. The van der Waals surface area contributed by atoms with Crippen molar-refractivity contribution in [3.63, 3.8) is 0 Å². The number of nitrogens with one attached hydrogen (secondary N) is 2. The molecule has 3 aromatic carbocycles. The summed E-state index contributed by atoms with van der Waals surface area (Å²) in [6, 6.07) is 20.5. The van der Waals surface area contributed by atoms with E-state index < -0.39 is 10.0 Å². The Morgan fingerprint density at radius 2 is 1.42 bits per heavy atom. The van der Waals surface area contributed by atoms with Gasteiger partial charge in [-0.25, -0.2) is 18.4 Å². The van der Waals surface area contributed by atoms with Crippen molar-refractivity contribution in [2.24, 2.45) is 0 Å². The third-order valence-electron chi connectivity index (χ3n) is 5.17. The fraction of sp³-hybridized carbons (Fsp3) is 0.167. The summed E-state index contributed by atoms with van der Waals surface area (Å²) in [6.07, 6.45) is 0. The van der Waals surface area contributed by atoms with Gasteiger partial charge >= 0.3 is 0 Å². The van der Waals surface area contributed by atoms with E-state index in [-0.39, 0.29) is 10.7 Å². The number of aromatic nitrogens is 2. The summed E-state index contributed by atoms with van der Waals surface area (Å²) in [5, 5.41) is 3.24. The summed E-state index contributed by atoms with van der Waals surface area (Å²) in [4.78, 5) is 9.34. The van der Waals surface area contributed by atoms with E-state index in [0.29, 0.717) is 23.4 Å². The minimum atomic E-state index is -3.82. The summed E-state index contributed by atoms with van der Waals surface area (Å²) >= 11 is 0. The Morgan fingerprint density at radius 1 is 0.774 bits per heavy atom. The lowest BCUT2D eigenvalue weighted by molar-refractivity contribution is 0.601. The van der Waals surface area contributed by atoms with Crippen LogP contribution in [-0.2, 0) is 16.6 Å². The highest BCUT2D eigenvalue weighted by molar-refractivity contribution is 7.92. The molecule has 0 aliphatic carbocycles. The van der Waals surface area contributed by atoms with E-state index in [4.69, 9.17) is 0 Å². The number of aryl methyl sites for hydroxylation is 3. The van der Waals surface area contributed by atoms with Crippen LogP contribution in [0.5, 0.6) is 0 Å². The third kappa shape index (κ3) is 4.67. The van der Waals surface area contributed by atoms with Crippen molar-refractivity contribution >= 4 is 32.7 Å². The lowest BCUT2D eigenvalue weighted by Crippen LogP contribution is -2.17. The summed E-state index contributed by atoms with van der Waals surface area (Å²) in [5.41, 5.74) is 5.47. The van der Waals surface area contributed by atoms with Gasteiger partial charge in [-0.3, -0.25) is 4.72 Å². The molecule has 0 atom stereocenters. The van der Waals surface area contributed by atoms with Crippen molar-refractivity contribution < 1.29 is 8.42 Å². The molecule has 0 spiro atoms. The Balaban J connectivity index is 1.70. The topological polar surface area (TPSA) is 84.0 Å². The molecule has 6 nitrogen and oxygen atoms in total. The smallest absolute Gasteiger partial charge is 0.263 e. The average Bonchev–Trinajstić information content (AvgIpc) is 2.75. The van der Waals surface area contributed by atoms with E-state index in [1.807, 2.05) is 63.2 Å². The number of rotatable bonds is 6. The second-order valence-electron chi connectivity index (χ2n) is 7.60. The van der Waals surface area contributed by atoms with Gasteiger partial charge in [-0.05, 0) is 61.7 Å². The Hall–Kier alpha value is -3.45. The molecular weight excluding hydrogens is 408 g/mol. The second-order valence-corrected chi connectivity index (χ2v) is 9.28. The van der Waals surface area contributed by atoms with Gasteiger partial charge in [0.05, 0.1) is 15.9 Å². The normalized spacial score (nSPS) is 11.5. The summed E-state index contributed by atoms with van der Waals surface area (Å²) in [7, 11) is -3.82. The maximum Gasteiger partial charge on any atom is 0.263 e. The minimum Gasteiger partial charge on any atom is -0.363 e. The van der Waals surface area contributed by atoms with Gasteiger partial charge in [0, 0.05) is 6.54 Å². The summed E-state index contributed by atoms with van der Waals surface area (Å²) < 4.78 is 28.7. The number of sulfonamides is 1. The molecular formula is C24H24N4O2S. The summed E-state index contributed by atoms with van der Waals surface area (Å²) in [5.74, 6) is 0.552. The highest BCUT2D eigenvalue weighted by Crippen LogP contribution is 2.25. The standard InChI is InChI=1S/C24H24N4O2S/c1-16-8-11-19(12-9-16)15-25-23-24(27-22-7-5-4-6-21(22)26-23)28-31(29,30)20-13-10-17(2)18(3)14-20/h4-14H,15H2,1-3H3,(H,25,26)(H,27,28). The van der Waals surface area contributed by atoms with Crippen LogP contribution in [-0.4, -0.2) is 18.4 Å². The fourth-order valence-electron chi connectivity index (χ4n) is 3.15. The van der Waals surface area contributed by atoms with Gasteiger partial charge in [0.25, 0.3) is 10.0 Å². The Bertz CT molecular complexity index is 1350. The molecule has 4 aromatic rings. The number of hydrogen-bond acceptors (Lipinski definition) is 5. The van der Waals surface area contributed by atoms with Crippen molar-refractivity contribution in [2.75, 3.05) is 10.0 Å². The maximum atomic E-state index is 13.1. The van der Waals surface area contributed by atoms with Crippen LogP contribution in [0.15, 0.2) is 71.6 Å². The van der Waals surface area contributed by atoms with Crippen LogP contribution in [0.1, 0.15) is 22.3 Å². The molecule has 0 radical (unpaired) electrons. The number of fused-ring (bicyclic) bond motifs is 1. The van der Waals surface area contributed by atoms with Gasteiger partial charge in [0.2, 0.25) is 0 Å². The van der Waals surface area contributed by atoms with Crippen LogP contribution in [0.25, 0.3) is 11.0 Å². The molecule has 158 valence electrons.